The molecule has 0 amide bonds. The fraction of sp³-hybridized carbons (Fsp3) is 0.350. The molecule has 0 unspecified atom stereocenters. The molecule has 2 aliphatic carbocycles. The van der Waals surface area contributed by atoms with Crippen LogP contribution < -0.4 is 0 Å². The molecule has 11 aromatic rings. The summed E-state index contributed by atoms with van der Waals surface area (Å²) < 4.78 is 20.0. The summed E-state index contributed by atoms with van der Waals surface area (Å²) in [6.07, 6.45) is 24.6. The van der Waals surface area contributed by atoms with Gasteiger partial charge in [-0.1, -0.05) is 202 Å². The van der Waals surface area contributed by atoms with E-state index in [1.165, 1.54) is 233 Å². The van der Waals surface area contributed by atoms with E-state index in [2.05, 4.69) is 187 Å². The molecule has 0 fully saturated rings. The van der Waals surface area contributed by atoms with Gasteiger partial charge in [0.1, 0.15) is 22.4 Å². The Kier molecular flexibility index (Phi) is 18.2. The van der Waals surface area contributed by atoms with E-state index in [1.807, 2.05) is 34.0 Å². The number of fused-ring (bicyclic) bond motifs is 8. The molecule has 1 aliphatic heterocycles. The number of thiophene rings is 4. The van der Waals surface area contributed by atoms with Crippen LogP contribution in [0, 0.1) is 13.8 Å². The zero-order valence-electron chi connectivity index (χ0n) is 53.2. The number of hydrogen-bond acceptors (Lipinski definition) is 9. The molecule has 458 valence electrons. The predicted octanol–water partition coefficient (Wildman–Crippen LogP) is 25.5. The van der Waals surface area contributed by atoms with Crippen LogP contribution in [-0.4, -0.2) is 8.75 Å². The summed E-state index contributed by atoms with van der Waals surface area (Å²) in [5, 5.41) is 0. The smallest absolute Gasteiger partial charge is 0.116 e. The van der Waals surface area contributed by atoms with Gasteiger partial charge < -0.3 is 0 Å². The van der Waals surface area contributed by atoms with Crippen molar-refractivity contribution in [2.45, 2.75) is 181 Å². The first-order chi connectivity index (χ1) is 44.3. The summed E-state index contributed by atoms with van der Waals surface area (Å²) in [5.41, 5.74) is 24.0. The molecular weight excluding hydrogens is 1210 g/mol. The van der Waals surface area contributed by atoms with Crippen LogP contribution in [0.1, 0.15) is 207 Å². The van der Waals surface area contributed by atoms with Gasteiger partial charge in [0.15, 0.2) is 0 Å². The topological polar surface area (TPSA) is 50.5 Å². The van der Waals surface area contributed by atoms with Gasteiger partial charge in [-0.05, 0) is 192 Å². The first kappa shape index (κ1) is 61.3. The summed E-state index contributed by atoms with van der Waals surface area (Å²) in [6, 6.07) is 59.4. The van der Waals surface area contributed by atoms with Crippen molar-refractivity contribution in [2.75, 3.05) is 0 Å². The van der Waals surface area contributed by atoms with Crippen LogP contribution in [0.4, 0.5) is 11.4 Å². The molecule has 10 heteroatoms. The number of hydrogen-bond donors (Lipinski definition) is 0. The van der Waals surface area contributed by atoms with Crippen LogP contribution in [0.15, 0.2) is 154 Å². The standard InChI is InChI=1S/C80H82N4S6/c1-7-11-15-19-23-53-28-36-57(37-29-53)79(58-38-30-54(31-39-58)24-20-16-12-8-2)63-49-62-64(48-61(63)77-65(79)47-52(6)86-77)80(59-40-32-55(33-41-59)25-21-17-13-9-3,60-42-34-56(35-43-60)26-22-18-14-10-4)66-50-70(88-78(62)66)67-45-46-69(87-67)72-75-73(81-89-83-75)71(68-44-27-51(5)85-68)74-76(72)84-90-82-74/h27-50H,7-26H2,1-6H3. The number of benzene rings is 6. The number of unbranched alkanes of at least 4 members (excludes halogenated alkanes) is 12. The van der Waals surface area contributed by atoms with Crippen LogP contribution in [-0.2, 0) is 47.9 Å². The van der Waals surface area contributed by atoms with Gasteiger partial charge in [-0.15, -0.1) is 45.3 Å². The first-order valence-corrected chi connectivity index (χ1v) is 38.4. The largest absolute Gasteiger partial charge is 0.172 e. The molecular formula is C80H82N4S6. The SMILES string of the molecule is CCCCCCc1ccc(C2(c3ccc(CCCCCC)cc3)c3cc4c(cc3-c3sc(C)cc32)C(c2ccc(CCCCCC)cc2)(c2ccc(CCCCCC)cc2)c2cc(-c3ccc(-c5c6c(c(-c7ccc(C)s7)c7nsnc57)N=S=N6)s3)sc2-4)cc1. The Bertz CT molecular complexity index is 4310. The molecule has 0 bridgehead atoms. The molecule has 0 N–H and O–H groups in total. The van der Waals surface area contributed by atoms with E-state index in [0.29, 0.717) is 0 Å². The second-order valence-electron chi connectivity index (χ2n) is 25.7. The Hall–Kier alpha value is -6.24. The second kappa shape index (κ2) is 26.8. The van der Waals surface area contributed by atoms with E-state index in [4.69, 9.17) is 17.5 Å². The van der Waals surface area contributed by atoms with Gasteiger partial charge in [0, 0.05) is 50.1 Å². The lowest BCUT2D eigenvalue weighted by atomic mass is 9.65. The maximum Gasteiger partial charge on any atom is 0.116 e. The summed E-state index contributed by atoms with van der Waals surface area (Å²) in [4.78, 5) is 10.2. The van der Waals surface area contributed by atoms with Gasteiger partial charge in [0.05, 0.1) is 33.9 Å². The molecule has 0 spiro atoms. The lowest BCUT2D eigenvalue weighted by molar-refractivity contribution is 0.666. The van der Waals surface area contributed by atoms with Crippen molar-refractivity contribution in [3.05, 3.63) is 222 Å². The zero-order chi connectivity index (χ0) is 61.3. The minimum atomic E-state index is -0.598. The van der Waals surface area contributed by atoms with E-state index in [-0.39, 0.29) is 0 Å². The fourth-order valence-corrected chi connectivity index (χ4v) is 20.6. The maximum atomic E-state index is 5.04. The van der Waals surface area contributed by atoms with E-state index in [1.54, 1.807) is 11.3 Å². The van der Waals surface area contributed by atoms with Gasteiger partial charge in [-0.25, -0.2) is 0 Å². The number of rotatable bonds is 27. The highest BCUT2D eigenvalue weighted by atomic mass is 32.1. The van der Waals surface area contributed by atoms with Crippen molar-refractivity contribution in [1.29, 1.82) is 0 Å². The Labute approximate surface area is 558 Å². The quantitative estimate of drug-likeness (QED) is 0.0482. The van der Waals surface area contributed by atoms with Crippen LogP contribution in [0.25, 0.3) is 62.6 Å². The summed E-state index contributed by atoms with van der Waals surface area (Å²) in [5.74, 6) is 0. The second-order valence-corrected chi connectivity index (χ2v) is 31.4. The van der Waals surface area contributed by atoms with E-state index >= 15 is 0 Å². The molecule has 3 aliphatic rings. The highest BCUT2D eigenvalue weighted by Crippen LogP contribution is 2.66. The van der Waals surface area contributed by atoms with Gasteiger partial charge >= 0.3 is 0 Å². The number of nitrogens with zero attached hydrogens (tertiary/aromatic N) is 4. The van der Waals surface area contributed by atoms with Crippen molar-refractivity contribution in [3.8, 4) is 51.5 Å². The Morgan fingerprint density at radius 1 is 0.333 bits per heavy atom. The summed E-state index contributed by atoms with van der Waals surface area (Å²) in [7, 11) is 0. The van der Waals surface area contributed by atoms with Crippen LogP contribution in [0.2, 0.25) is 0 Å². The van der Waals surface area contributed by atoms with E-state index < -0.39 is 10.8 Å². The molecule has 0 saturated carbocycles. The highest BCUT2D eigenvalue weighted by molar-refractivity contribution is 7.58. The fourth-order valence-electron chi connectivity index (χ4n) is 15.1. The van der Waals surface area contributed by atoms with Crippen molar-refractivity contribution < 1.29 is 0 Å². The van der Waals surface area contributed by atoms with Crippen LogP contribution in [0.5, 0.6) is 0 Å². The average molecular weight is 1290 g/mol. The minimum absolute atomic E-state index is 0.525. The molecule has 0 atom stereocenters. The molecule has 90 heavy (non-hydrogen) atoms. The maximum absolute atomic E-state index is 5.04. The molecule has 14 rings (SSSR count). The van der Waals surface area contributed by atoms with Crippen LogP contribution >= 0.6 is 57.1 Å². The lowest BCUT2D eigenvalue weighted by Gasteiger charge is -2.35. The summed E-state index contributed by atoms with van der Waals surface area (Å²) in [6.45, 7) is 13.7. The Balaban J connectivity index is 0.984. The van der Waals surface area contributed by atoms with Crippen molar-refractivity contribution in [3.63, 3.8) is 0 Å². The normalized spacial score (nSPS) is 13.9. The molecule has 0 saturated heterocycles. The van der Waals surface area contributed by atoms with Crippen LogP contribution in [0.3, 0.4) is 0 Å². The molecule has 6 heterocycles. The van der Waals surface area contributed by atoms with E-state index in [9.17, 15) is 0 Å². The molecule has 0 radical (unpaired) electrons. The number of aromatic nitrogens is 2. The third-order valence-electron chi connectivity index (χ3n) is 19.7. The Morgan fingerprint density at radius 3 is 1.13 bits per heavy atom. The molecule has 4 nitrogen and oxygen atoms in total. The number of aryl methyl sites for hydroxylation is 6. The first-order valence-electron chi connectivity index (χ1n) is 33.7. The monoisotopic (exact) mass is 1290 g/mol. The zero-order valence-corrected chi connectivity index (χ0v) is 58.1. The highest BCUT2D eigenvalue weighted by Gasteiger charge is 2.53. The van der Waals surface area contributed by atoms with Gasteiger partial charge in [-0.2, -0.15) is 17.5 Å². The third kappa shape index (κ3) is 11.0. The lowest BCUT2D eigenvalue weighted by Crippen LogP contribution is -2.30. The van der Waals surface area contributed by atoms with Gasteiger partial charge in [-0.3, -0.25) is 0 Å². The van der Waals surface area contributed by atoms with Crippen molar-refractivity contribution in [2.24, 2.45) is 8.73 Å². The Morgan fingerprint density at radius 2 is 0.722 bits per heavy atom. The van der Waals surface area contributed by atoms with Gasteiger partial charge in [0.2, 0.25) is 0 Å². The average Bonchev–Trinajstić information content (AvgIpc) is 1.50. The van der Waals surface area contributed by atoms with E-state index in [0.717, 1.165) is 69.0 Å². The predicted molar refractivity (Wildman–Crippen MR) is 392 cm³/mol. The third-order valence-corrected chi connectivity index (χ3v) is 25.3. The molecule has 6 aromatic carbocycles. The molecule has 5 aromatic heterocycles. The van der Waals surface area contributed by atoms with Crippen molar-refractivity contribution >= 4 is 90.8 Å². The van der Waals surface area contributed by atoms with Gasteiger partial charge in [0.25, 0.3) is 0 Å². The summed E-state index contributed by atoms with van der Waals surface area (Å²) >= 11 is 10.2. The van der Waals surface area contributed by atoms with Crippen molar-refractivity contribution in [1.82, 2.24) is 8.75 Å². The minimum Gasteiger partial charge on any atom is -0.172 e.